The standard InChI is InChI=1S/C10H18BrNO/c1-3-8(4-5-11)12-10(13)9-6-7(9)2/h7-9H,3-6H2,1-2H3,(H,12,13). The molecule has 0 bridgehead atoms. The molecule has 1 N–H and O–H groups in total. The van der Waals surface area contributed by atoms with Crippen LogP contribution in [-0.2, 0) is 4.79 Å². The van der Waals surface area contributed by atoms with Gasteiger partial charge in [-0.25, -0.2) is 0 Å². The molecule has 3 atom stereocenters. The zero-order valence-corrected chi connectivity index (χ0v) is 9.93. The molecule has 0 saturated heterocycles. The Kier molecular flexibility index (Phi) is 4.23. The van der Waals surface area contributed by atoms with Gasteiger partial charge in [0.2, 0.25) is 5.91 Å². The highest BCUT2D eigenvalue weighted by Gasteiger charge is 2.39. The minimum absolute atomic E-state index is 0.264. The van der Waals surface area contributed by atoms with Crippen LogP contribution in [0.15, 0.2) is 0 Å². The van der Waals surface area contributed by atoms with Gasteiger partial charge in [-0.05, 0) is 25.2 Å². The molecular weight excluding hydrogens is 230 g/mol. The molecule has 1 saturated carbocycles. The van der Waals surface area contributed by atoms with E-state index in [4.69, 9.17) is 0 Å². The fourth-order valence-electron chi connectivity index (χ4n) is 1.51. The second-order valence-corrected chi connectivity index (χ2v) is 4.70. The van der Waals surface area contributed by atoms with Gasteiger partial charge in [-0.1, -0.05) is 29.8 Å². The first kappa shape index (κ1) is 11.0. The number of alkyl halides is 1. The average Bonchev–Trinajstić information content (AvgIpc) is 2.82. The van der Waals surface area contributed by atoms with E-state index in [1.54, 1.807) is 0 Å². The van der Waals surface area contributed by atoms with Crippen molar-refractivity contribution in [1.82, 2.24) is 5.32 Å². The molecule has 1 amide bonds. The quantitative estimate of drug-likeness (QED) is 0.743. The van der Waals surface area contributed by atoms with Crippen LogP contribution in [0.2, 0.25) is 0 Å². The normalized spacial score (nSPS) is 28.2. The highest BCUT2D eigenvalue weighted by Crippen LogP contribution is 2.37. The molecule has 76 valence electrons. The van der Waals surface area contributed by atoms with Crippen LogP contribution in [-0.4, -0.2) is 17.3 Å². The SMILES string of the molecule is CCC(CCBr)NC(=O)C1CC1C. The second kappa shape index (κ2) is 4.99. The Morgan fingerprint density at radius 2 is 2.31 bits per heavy atom. The van der Waals surface area contributed by atoms with E-state index in [1.807, 2.05) is 0 Å². The maximum absolute atomic E-state index is 11.5. The van der Waals surface area contributed by atoms with Crippen molar-refractivity contribution in [3.63, 3.8) is 0 Å². The van der Waals surface area contributed by atoms with Crippen LogP contribution < -0.4 is 5.32 Å². The van der Waals surface area contributed by atoms with Gasteiger partial charge in [0.15, 0.2) is 0 Å². The lowest BCUT2D eigenvalue weighted by atomic mass is 10.1. The first-order valence-corrected chi connectivity index (χ1v) is 6.17. The van der Waals surface area contributed by atoms with Crippen molar-refractivity contribution in [2.45, 2.75) is 39.2 Å². The van der Waals surface area contributed by atoms with Gasteiger partial charge in [-0.15, -0.1) is 0 Å². The number of amides is 1. The molecule has 0 aromatic heterocycles. The number of rotatable bonds is 5. The predicted octanol–water partition coefficient (Wildman–Crippen LogP) is 2.32. The molecule has 3 heteroatoms. The number of carbonyl (C=O) groups is 1. The third-order valence-electron chi connectivity index (χ3n) is 2.74. The van der Waals surface area contributed by atoms with Crippen LogP contribution in [0.25, 0.3) is 0 Å². The van der Waals surface area contributed by atoms with E-state index < -0.39 is 0 Å². The van der Waals surface area contributed by atoms with Crippen molar-refractivity contribution < 1.29 is 4.79 Å². The molecule has 1 fully saturated rings. The van der Waals surface area contributed by atoms with E-state index in [1.165, 1.54) is 0 Å². The van der Waals surface area contributed by atoms with Crippen LogP contribution in [0, 0.1) is 11.8 Å². The summed E-state index contributed by atoms with van der Waals surface area (Å²) >= 11 is 3.39. The van der Waals surface area contributed by atoms with Crippen molar-refractivity contribution in [3.05, 3.63) is 0 Å². The number of nitrogens with one attached hydrogen (secondary N) is 1. The minimum Gasteiger partial charge on any atom is -0.353 e. The maximum Gasteiger partial charge on any atom is 0.223 e. The molecule has 3 unspecified atom stereocenters. The summed E-state index contributed by atoms with van der Waals surface area (Å²) in [7, 11) is 0. The number of halogens is 1. The molecule has 1 aliphatic carbocycles. The van der Waals surface area contributed by atoms with Crippen LogP contribution in [0.4, 0.5) is 0 Å². The predicted molar refractivity (Wildman–Crippen MR) is 57.9 cm³/mol. The third-order valence-corrected chi connectivity index (χ3v) is 3.20. The summed E-state index contributed by atoms with van der Waals surface area (Å²) in [6, 6.07) is 0.361. The molecular formula is C10H18BrNO. The minimum atomic E-state index is 0.264. The highest BCUT2D eigenvalue weighted by atomic mass is 79.9. The summed E-state index contributed by atoms with van der Waals surface area (Å²) in [4.78, 5) is 11.5. The summed E-state index contributed by atoms with van der Waals surface area (Å²) < 4.78 is 0. The molecule has 2 nitrogen and oxygen atoms in total. The first-order chi connectivity index (χ1) is 6.19. The lowest BCUT2D eigenvalue weighted by Crippen LogP contribution is -2.35. The molecule has 0 aromatic rings. The Labute approximate surface area is 88.6 Å². The van der Waals surface area contributed by atoms with Crippen LogP contribution in [0.1, 0.15) is 33.1 Å². The fourth-order valence-corrected chi connectivity index (χ4v) is 2.06. The van der Waals surface area contributed by atoms with Gasteiger partial charge in [-0.2, -0.15) is 0 Å². The largest absolute Gasteiger partial charge is 0.353 e. The van der Waals surface area contributed by atoms with Gasteiger partial charge in [0.05, 0.1) is 0 Å². The number of hydrogen-bond donors (Lipinski definition) is 1. The van der Waals surface area contributed by atoms with Crippen molar-refractivity contribution in [2.75, 3.05) is 5.33 Å². The third kappa shape index (κ3) is 3.29. The van der Waals surface area contributed by atoms with E-state index in [9.17, 15) is 4.79 Å². The summed E-state index contributed by atoms with van der Waals surface area (Å²) in [6.07, 6.45) is 3.14. The van der Waals surface area contributed by atoms with Gasteiger partial charge in [-0.3, -0.25) is 4.79 Å². The second-order valence-electron chi connectivity index (χ2n) is 3.91. The van der Waals surface area contributed by atoms with Crippen LogP contribution in [0.3, 0.4) is 0 Å². The first-order valence-electron chi connectivity index (χ1n) is 5.05. The number of carbonyl (C=O) groups excluding carboxylic acids is 1. The van der Waals surface area contributed by atoms with Gasteiger partial charge in [0.1, 0.15) is 0 Å². The lowest BCUT2D eigenvalue weighted by Gasteiger charge is -2.15. The van der Waals surface area contributed by atoms with Crippen molar-refractivity contribution >= 4 is 21.8 Å². The zero-order chi connectivity index (χ0) is 9.84. The topological polar surface area (TPSA) is 29.1 Å². The molecule has 1 aliphatic rings. The summed E-state index contributed by atoms with van der Waals surface area (Å²) in [6.45, 7) is 4.25. The maximum atomic E-state index is 11.5. The van der Waals surface area contributed by atoms with E-state index in [-0.39, 0.29) is 5.91 Å². The highest BCUT2D eigenvalue weighted by molar-refractivity contribution is 9.09. The van der Waals surface area contributed by atoms with Crippen LogP contribution in [0.5, 0.6) is 0 Å². The van der Waals surface area contributed by atoms with E-state index >= 15 is 0 Å². The summed E-state index contributed by atoms with van der Waals surface area (Å²) in [5.74, 6) is 1.19. The molecule has 0 aliphatic heterocycles. The Bertz CT molecular complexity index is 184. The van der Waals surface area contributed by atoms with E-state index in [0.29, 0.717) is 17.9 Å². The summed E-state index contributed by atoms with van der Waals surface area (Å²) in [5, 5.41) is 4.06. The Balaban J connectivity index is 2.24. The Morgan fingerprint density at radius 1 is 1.69 bits per heavy atom. The Morgan fingerprint density at radius 3 is 2.69 bits per heavy atom. The van der Waals surface area contributed by atoms with Crippen LogP contribution >= 0.6 is 15.9 Å². The molecule has 0 spiro atoms. The van der Waals surface area contributed by atoms with Crippen molar-refractivity contribution in [1.29, 1.82) is 0 Å². The molecule has 13 heavy (non-hydrogen) atoms. The Hall–Kier alpha value is -0.0500. The van der Waals surface area contributed by atoms with E-state index in [0.717, 1.165) is 24.6 Å². The van der Waals surface area contributed by atoms with Crippen molar-refractivity contribution in [3.8, 4) is 0 Å². The molecule has 0 aromatic carbocycles. The van der Waals surface area contributed by atoms with Crippen molar-refractivity contribution in [2.24, 2.45) is 11.8 Å². The van der Waals surface area contributed by atoms with Gasteiger partial charge < -0.3 is 5.32 Å². The number of hydrogen-bond acceptors (Lipinski definition) is 1. The smallest absolute Gasteiger partial charge is 0.223 e. The molecule has 1 rings (SSSR count). The van der Waals surface area contributed by atoms with Gasteiger partial charge >= 0.3 is 0 Å². The molecule has 0 radical (unpaired) electrons. The lowest BCUT2D eigenvalue weighted by molar-refractivity contribution is -0.123. The molecule has 0 heterocycles. The van der Waals surface area contributed by atoms with E-state index in [2.05, 4.69) is 35.1 Å². The summed E-state index contributed by atoms with van der Waals surface area (Å²) in [5.41, 5.74) is 0. The van der Waals surface area contributed by atoms with Gasteiger partial charge in [0.25, 0.3) is 0 Å². The fraction of sp³-hybridized carbons (Fsp3) is 0.900. The average molecular weight is 248 g/mol. The van der Waals surface area contributed by atoms with Gasteiger partial charge in [0, 0.05) is 17.3 Å². The monoisotopic (exact) mass is 247 g/mol. The zero-order valence-electron chi connectivity index (χ0n) is 8.35.